The second-order valence-corrected chi connectivity index (χ2v) is 6.59. The quantitative estimate of drug-likeness (QED) is 0.847. The molecule has 1 heterocycles. The van der Waals surface area contributed by atoms with Crippen molar-refractivity contribution in [3.05, 3.63) is 24.3 Å². The number of amides is 1. The first-order valence-corrected chi connectivity index (χ1v) is 8.64. The van der Waals surface area contributed by atoms with Gasteiger partial charge in [-0.2, -0.15) is 0 Å². The van der Waals surface area contributed by atoms with Gasteiger partial charge < -0.3 is 20.3 Å². The number of nitrogens with one attached hydrogen (secondary N) is 2. The standard InChI is InChI=1S/C18H27N3O2/c1-3-23-17-12-14(17)18(22)20-16-7-5-4-6-15(16)19-13-8-10-21(2)11-9-13/h4-7,13-14,17,19H,3,8-12H2,1-2H3,(H,20,22)/t14-,17+/m1/s1. The number of para-hydroxylation sites is 2. The molecule has 2 fully saturated rings. The Balaban J connectivity index is 1.58. The number of likely N-dealkylation sites (tertiary alicyclic amines) is 1. The largest absolute Gasteiger partial charge is 0.381 e. The maximum Gasteiger partial charge on any atom is 0.230 e. The summed E-state index contributed by atoms with van der Waals surface area (Å²) in [4.78, 5) is 14.7. The fourth-order valence-electron chi connectivity index (χ4n) is 3.16. The van der Waals surface area contributed by atoms with E-state index >= 15 is 0 Å². The summed E-state index contributed by atoms with van der Waals surface area (Å²) in [7, 11) is 2.16. The highest BCUT2D eigenvalue weighted by Gasteiger charge is 2.44. The number of hydrogen-bond donors (Lipinski definition) is 2. The molecule has 1 aromatic rings. The van der Waals surface area contributed by atoms with Crippen LogP contribution in [0.15, 0.2) is 24.3 Å². The van der Waals surface area contributed by atoms with Crippen molar-refractivity contribution in [2.75, 3.05) is 37.4 Å². The summed E-state index contributed by atoms with van der Waals surface area (Å²) in [5, 5.41) is 6.67. The van der Waals surface area contributed by atoms with E-state index in [2.05, 4.69) is 22.6 Å². The molecule has 0 spiro atoms. The summed E-state index contributed by atoms with van der Waals surface area (Å²) in [6, 6.07) is 8.45. The molecule has 126 valence electrons. The van der Waals surface area contributed by atoms with Crippen LogP contribution in [-0.2, 0) is 9.53 Å². The number of carbonyl (C=O) groups is 1. The minimum atomic E-state index is 0.00587. The molecule has 1 aliphatic carbocycles. The molecule has 1 amide bonds. The van der Waals surface area contributed by atoms with Gasteiger partial charge in [0.25, 0.3) is 0 Å². The van der Waals surface area contributed by atoms with Gasteiger partial charge in [0.05, 0.1) is 23.4 Å². The predicted molar refractivity (Wildman–Crippen MR) is 92.7 cm³/mol. The molecule has 2 atom stereocenters. The highest BCUT2D eigenvalue weighted by molar-refractivity contribution is 5.97. The molecule has 2 N–H and O–H groups in total. The van der Waals surface area contributed by atoms with Crippen LogP contribution >= 0.6 is 0 Å². The molecule has 5 nitrogen and oxygen atoms in total. The van der Waals surface area contributed by atoms with E-state index in [4.69, 9.17) is 4.74 Å². The lowest BCUT2D eigenvalue weighted by molar-refractivity contribution is -0.118. The zero-order valence-electron chi connectivity index (χ0n) is 14.0. The first-order chi connectivity index (χ1) is 11.2. The number of nitrogens with zero attached hydrogens (tertiary/aromatic N) is 1. The van der Waals surface area contributed by atoms with Crippen molar-refractivity contribution in [3.8, 4) is 0 Å². The third-order valence-electron chi connectivity index (χ3n) is 4.71. The topological polar surface area (TPSA) is 53.6 Å². The van der Waals surface area contributed by atoms with Gasteiger partial charge in [0, 0.05) is 12.6 Å². The van der Waals surface area contributed by atoms with Crippen molar-refractivity contribution in [1.82, 2.24) is 4.90 Å². The Kier molecular flexibility index (Phi) is 5.18. The Morgan fingerprint density at radius 2 is 1.96 bits per heavy atom. The van der Waals surface area contributed by atoms with Crippen molar-refractivity contribution >= 4 is 17.3 Å². The summed E-state index contributed by atoms with van der Waals surface area (Å²) in [5.74, 6) is 0.0763. The SMILES string of the molecule is CCO[C@H]1C[C@H]1C(=O)Nc1ccccc1NC1CCN(C)CC1. The average Bonchev–Trinajstić information content (AvgIpc) is 3.31. The first kappa shape index (κ1) is 16.3. The number of carbonyl (C=O) groups excluding carboxylic acids is 1. The predicted octanol–water partition coefficient (Wildman–Crippen LogP) is 2.56. The number of rotatable bonds is 6. The fourth-order valence-corrected chi connectivity index (χ4v) is 3.16. The highest BCUT2D eigenvalue weighted by Crippen LogP contribution is 2.35. The normalized spacial score (nSPS) is 25.1. The first-order valence-electron chi connectivity index (χ1n) is 8.64. The summed E-state index contributed by atoms with van der Waals surface area (Å²) >= 11 is 0. The van der Waals surface area contributed by atoms with E-state index in [1.54, 1.807) is 0 Å². The van der Waals surface area contributed by atoms with E-state index < -0.39 is 0 Å². The third-order valence-corrected chi connectivity index (χ3v) is 4.71. The Labute approximate surface area is 138 Å². The van der Waals surface area contributed by atoms with Gasteiger partial charge in [-0.05, 0) is 58.5 Å². The number of piperidine rings is 1. The fraction of sp³-hybridized carbons (Fsp3) is 0.611. The van der Waals surface area contributed by atoms with Gasteiger partial charge in [-0.1, -0.05) is 12.1 Å². The molecule has 0 unspecified atom stereocenters. The summed E-state index contributed by atoms with van der Waals surface area (Å²) in [6.45, 7) is 4.87. The maximum absolute atomic E-state index is 12.3. The number of ether oxygens (including phenoxy) is 1. The van der Waals surface area contributed by atoms with Crippen molar-refractivity contribution < 1.29 is 9.53 Å². The molecule has 23 heavy (non-hydrogen) atoms. The van der Waals surface area contributed by atoms with Gasteiger partial charge in [-0.15, -0.1) is 0 Å². The van der Waals surface area contributed by atoms with Crippen LogP contribution in [0.25, 0.3) is 0 Å². The van der Waals surface area contributed by atoms with Crippen molar-refractivity contribution in [2.24, 2.45) is 5.92 Å². The molecule has 1 aliphatic heterocycles. The molecule has 1 aromatic carbocycles. The van der Waals surface area contributed by atoms with E-state index in [0.717, 1.165) is 43.7 Å². The zero-order valence-corrected chi connectivity index (χ0v) is 14.0. The molecule has 0 aromatic heterocycles. The van der Waals surface area contributed by atoms with Crippen LogP contribution in [0.5, 0.6) is 0 Å². The van der Waals surface area contributed by atoms with Gasteiger partial charge in [-0.3, -0.25) is 4.79 Å². The van der Waals surface area contributed by atoms with Gasteiger partial charge in [0.15, 0.2) is 0 Å². The molecule has 5 heteroatoms. The van der Waals surface area contributed by atoms with Crippen molar-refractivity contribution in [3.63, 3.8) is 0 Å². The second-order valence-electron chi connectivity index (χ2n) is 6.59. The molecular formula is C18H27N3O2. The van der Waals surface area contributed by atoms with E-state index in [9.17, 15) is 4.79 Å². The lowest BCUT2D eigenvalue weighted by atomic mass is 10.0. The van der Waals surface area contributed by atoms with E-state index in [1.807, 2.05) is 31.2 Å². The van der Waals surface area contributed by atoms with Crippen LogP contribution in [-0.4, -0.2) is 49.7 Å². The second kappa shape index (κ2) is 7.32. The van der Waals surface area contributed by atoms with Crippen LogP contribution in [0.2, 0.25) is 0 Å². The minimum Gasteiger partial charge on any atom is -0.381 e. The third kappa shape index (κ3) is 4.24. The monoisotopic (exact) mass is 317 g/mol. The van der Waals surface area contributed by atoms with Crippen molar-refractivity contribution in [2.45, 2.75) is 38.3 Å². The zero-order chi connectivity index (χ0) is 16.2. The number of anilines is 2. The lowest BCUT2D eigenvalue weighted by Gasteiger charge is -2.30. The molecule has 1 saturated heterocycles. The van der Waals surface area contributed by atoms with Crippen LogP contribution in [0.3, 0.4) is 0 Å². The Bertz CT molecular complexity index is 541. The summed E-state index contributed by atoms with van der Waals surface area (Å²) in [6.07, 6.45) is 3.21. The molecule has 1 saturated carbocycles. The van der Waals surface area contributed by atoms with Gasteiger partial charge in [0.2, 0.25) is 5.91 Å². The van der Waals surface area contributed by atoms with Crippen LogP contribution in [0.1, 0.15) is 26.2 Å². The van der Waals surface area contributed by atoms with E-state index in [0.29, 0.717) is 12.6 Å². The average molecular weight is 317 g/mol. The van der Waals surface area contributed by atoms with Gasteiger partial charge in [-0.25, -0.2) is 0 Å². The summed E-state index contributed by atoms with van der Waals surface area (Å²) in [5.41, 5.74) is 1.89. The smallest absolute Gasteiger partial charge is 0.230 e. The number of hydrogen-bond acceptors (Lipinski definition) is 4. The minimum absolute atomic E-state index is 0.00587. The van der Waals surface area contributed by atoms with Crippen LogP contribution in [0.4, 0.5) is 11.4 Å². The van der Waals surface area contributed by atoms with E-state index in [1.165, 1.54) is 0 Å². The van der Waals surface area contributed by atoms with E-state index in [-0.39, 0.29) is 17.9 Å². The Morgan fingerprint density at radius 1 is 1.26 bits per heavy atom. The molecule has 0 bridgehead atoms. The molecule has 0 radical (unpaired) electrons. The maximum atomic E-state index is 12.3. The Morgan fingerprint density at radius 3 is 2.65 bits per heavy atom. The van der Waals surface area contributed by atoms with Crippen LogP contribution < -0.4 is 10.6 Å². The van der Waals surface area contributed by atoms with Gasteiger partial charge in [0.1, 0.15) is 0 Å². The Hall–Kier alpha value is -1.59. The molecular weight excluding hydrogens is 290 g/mol. The molecule has 2 aliphatic rings. The number of benzene rings is 1. The van der Waals surface area contributed by atoms with Crippen LogP contribution in [0, 0.1) is 5.92 Å². The summed E-state index contributed by atoms with van der Waals surface area (Å²) < 4.78 is 5.50. The van der Waals surface area contributed by atoms with Crippen molar-refractivity contribution in [1.29, 1.82) is 0 Å². The van der Waals surface area contributed by atoms with Gasteiger partial charge >= 0.3 is 0 Å². The molecule has 3 rings (SSSR count). The highest BCUT2D eigenvalue weighted by atomic mass is 16.5. The lowest BCUT2D eigenvalue weighted by Crippen LogP contribution is -2.36.